The van der Waals surface area contributed by atoms with Gasteiger partial charge in [-0.25, -0.2) is 18.4 Å². The number of carbonyl (C=O) groups is 1. The maximum Gasteiger partial charge on any atom is 0.249 e. The molecule has 0 radical (unpaired) electrons. The van der Waals surface area contributed by atoms with Gasteiger partial charge in [0.15, 0.2) is 11.6 Å². The number of hydrogen-bond donors (Lipinski definition) is 1. The molecule has 2 saturated heterocycles. The Bertz CT molecular complexity index is 1320. The first-order valence-electron chi connectivity index (χ1n) is 11.1. The fourth-order valence-electron chi connectivity index (χ4n) is 4.24. The first kappa shape index (κ1) is 21.4. The van der Waals surface area contributed by atoms with Crippen LogP contribution in [0.3, 0.4) is 0 Å². The zero-order valence-corrected chi connectivity index (χ0v) is 19.0. The fraction of sp³-hybridized carbons (Fsp3) is 0.292. The standard InChI is InChI=1S/C24H25N5O3S/c30-22(13-10-18-8-11-19(12-9-18)29-16-5-17-33(29,31)32)27-23-24(28-14-3-4-15-28)26-21-7-2-1-6-20(21)25-23/h1-2,6-13H,3-5,14-17H2,(H,25,27,30)/b13-10+. The van der Waals surface area contributed by atoms with Crippen LogP contribution in [-0.4, -0.2) is 49.7 Å². The smallest absolute Gasteiger partial charge is 0.249 e. The minimum Gasteiger partial charge on any atom is -0.354 e. The van der Waals surface area contributed by atoms with Crippen molar-refractivity contribution in [3.05, 3.63) is 60.2 Å². The minimum absolute atomic E-state index is 0.186. The Morgan fingerprint density at radius 2 is 1.61 bits per heavy atom. The molecule has 1 N–H and O–H groups in total. The number of anilines is 3. The van der Waals surface area contributed by atoms with Crippen molar-refractivity contribution < 1.29 is 13.2 Å². The van der Waals surface area contributed by atoms with Crippen molar-refractivity contribution in [2.24, 2.45) is 0 Å². The number of aromatic nitrogens is 2. The Balaban J connectivity index is 1.33. The Morgan fingerprint density at radius 1 is 0.909 bits per heavy atom. The fourth-order valence-corrected chi connectivity index (χ4v) is 5.80. The second-order valence-electron chi connectivity index (χ2n) is 8.23. The lowest BCUT2D eigenvalue weighted by Crippen LogP contribution is -2.24. The highest BCUT2D eigenvalue weighted by Gasteiger charge is 2.28. The minimum atomic E-state index is -3.21. The van der Waals surface area contributed by atoms with Gasteiger partial charge in [0.05, 0.1) is 22.5 Å². The van der Waals surface area contributed by atoms with Crippen LogP contribution in [0.4, 0.5) is 17.3 Å². The lowest BCUT2D eigenvalue weighted by Gasteiger charge is -2.19. The molecule has 170 valence electrons. The summed E-state index contributed by atoms with van der Waals surface area (Å²) in [4.78, 5) is 24.2. The summed E-state index contributed by atoms with van der Waals surface area (Å²) in [7, 11) is -3.21. The summed E-state index contributed by atoms with van der Waals surface area (Å²) < 4.78 is 25.6. The molecule has 0 aliphatic carbocycles. The van der Waals surface area contributed by atoms with E-state index in [9.17, 15) is 13.2 Å². The van der Waals surface area contributed by atoms with Gasteiger partial charge < -0.3 is 10.2 Å². The number of nitrogens with one attached hydrogen (secondary N) is 1. The summed E-state index contributed by atoms with van der Waals surface area (Å²) in [6, 6.07) is 14.8. The number of para-hydroxylation sites is 2. The highest BCUT2D eigenvalue weighted by atomic mass is 32.2. The molecule has 0 spiro atoms. The zero-order valence-electron chi connectivity index (χ0n) is 18.1. The van der Waals surface area contributed by atoms with Crippen LogP contribution in [0.1, 0.15) is 24.8 Å². The summed E-state index contributed by atoms with van der Waals surface area (Å²) in [5.41, 5.74) is 2.98. The molecule has 2 aliphatic rings. The summed E-state index contributed by atoms with van der Waals surface area (Å²) >= 11 is 0. The van der Waals surface area contributed by atoms with E-state index in [4.69, 9.17) is 4.98 Å². The number of hydrogen-bond acceptors (Lipinski definition) is 6. The van der Waals surface area contributed by atoms with Crippen LogP contribution in [0.2, 0.25) is 0 Å². The molecule has 8 nitrogen and oxygen atoms in total. The molecule has 1 aromatic heterocycles. The van der Waals surface area contributed by atoms with Crippen molar-refractivity contribution >= 4 is 50.4 Å². The number of nitrogens with zero attached hydrogens (tertiary/aromatic N) is 4. The number of sulfonamides is 1. The van der Waals surface area contributed by atoms with E-state index < -0.39 is 10.0 Å². The number of amides is 1. The van der Waals surface area contributed by atoms with E-state index in [1.165, 1.54) is 10.4 Å². The number of fused-ring (bicyclic) bond motifs is 1. The van der Waals surface area contributed by atoms with Gasteiger partial charge in [-0.2, -0.15) is 0 Å². The van der Waals surface area contributed by atoms with Crippen LogP contribution < -0.4 is 14.5 Å². The molecule has 0 atom stereocenters. The molecule has 0 unspecified atom stereocenters. The molecule has 2 aromatic carbocycles. The third kappa shape index (κ3) is 4.54. The molecular formula is C24H25N5O3S. The van der Waals surface area contributed by atoms with Crippen molar-refractivity contribution in [3.63, 3.8) is 0 Å². The summed E-state index contributed by atoms with van der Waals surface area (Å²) in [5, 5.41) is 2.89. The van der Waals surface area contributed by atoms with Gasteiger partial charge in [-0.05, 0) is 55.2 Å². The molecule has 0 saturated carbocycles. The highest BCUT2D eigenvalue weighted by molar-refractivity contribution is 7.93. The van der Waals surface area contributed by atoms with Gasteiger partial charge in [0.2, 0.25) is 15.9 Å². The van der Waals surface area contributed by atoms with Crippen LogP contribution in [0.25, 0.3) is 17.1 Å². The molecule has 2 aliphatic heterocycles. The summed E-state index contributed by atoms with van der Waals surface area (Å²) in [5.74, 6) is 1.04. The van der Waals surface area contributed by atoms with Gasteiger partial charge in [-0.15, -0.1) is 0 Å². The van der Waals surface area contributed by atoms with Crippen LogP contribution in [0.5, 0.6) is 0 Å². The first-order chi connectivity index (χ1) is 16.0. The first-order valence-corrected chi connectivity index (χ1v) is 12.7. The van der Waals surface area contributed by atoms with E-state index in [1.54, 1.807) is 30.3 Å². The molecule has 3 aromatic rings. The lowest BCUT2D eigenvalue weighted by molar-refractivity contribution is -0.111. The number of carbonyl (C=O) groups excluding carboxylic acids is 1. The summed E-state index contributed by atoms with van der Waals surface area (Å²) in [6.45, 7) is 2.29. The molecule has 0 bridgehead atoms. The van der Waals surface area contributed by atoms with Crippen LogP contribution in [0.15, 0.2) is 54.6 Å². The largest absolute Gasteiger partial charge is 0.354 e. The van der Waals surface area contributed by atoms with E-state index in [2.05, 4.69) is 15.2 Å². The maximum absolute atomic E-state index is 12.7. The predicted octanol–water partition coefficient (Wildman–Crippen LogP) is 3.42. The normalized spacial score (nSPS) is 17.8. The average Bonchev–Trinajstić information content (AvgIpc) is 3.47. The Morgan fingerprint density at radius 3 is 2.27 bits per heavy atom. The number of rotatable bonds is 5. The van der Waals surface area contributed by atoms with Gasteiger partial charge in [-0.1, -0.05) is 24.3 Å². The molecule has 33 heavy (non-hydrogen) atoms. The quantitative estimate of drug-likeness (QED) is 0.583. The van der Waals surface area contributed by atoms with Gasteiger partial charge in [0.1, 0.15) is 0 Å². The molecule has 5 rings (SSSR count). The molecule has 1 amide bonds. The average molecular weight is 464 g/mol. The predicted molar refractivity (Wildman–Crippen MR) is 131 cm³/mol. The van der Waals surface area contributed by atoms with Gasteiger partial charge in [0, 0.05) is 25.7 Å². The second kappa shape index (κ2) is 8.82. The zero-order chi connectivity index (χ0) is 22.8. The van der Waals surface area contributed by atoms with Crippen LogP contribution >= 0.6 is 0 Å². The Hall–Kier alpha value is -3.46. The highest BCUT2D eigenvalue weighted by Crippen LogP contribution is 2.28. The number of benzene rings is 2. The third-order valence-electron chi connectivity index (χ3n) is 5.91. The molecule has 3 heterocycles. The van der Waals surface area contributed by atoms with Gasteiger partial charge in [-0.3, -0.25) is 9.10 Å². The Labute approximate surface area is 193 Å². The van der Waals surface area contributed by atoms with E-state index in [0.29, 0.717) is 30.3 Å². The van der Waals surface area contributed by atoms with Crippen LogP contribution in [-0.2, 0) is 14.8 Å². The van der Waals surface area contributed by atoms with Gasteiger partial charge in [0.25, 0.3) is 0 Å². The van der Waals surface area contributed by atoms with Gasteiger partial charge >= 0.3 is 0 Å². The SMILES string of the molecule is O=C(/C=C/c1ccc(N2CCCS2(=O)=O)cc1)Nc1nc2ccccc2nc1N1CCCC1. The second-order valence-corrected chi connectivity index (χ2v) is 10.2. The van der Waals surface area contributed by atoms with E-state index in [-0.39, 0.29) is 11.7 Å². The van der Waals surface area contributed by atoms with E-state index >= 15 is 0 Å². The van der Waals surface area contributed by atoms with Crippen molar-refractivity contribution in [3.8, 4) is 0 Å². The van der Waals surface area contributed by atoms with E-state index in [0.717, 1.165) is 42.5 Å². The third-order valence-corrected chi connectivity index (χ3v) is 7.78. The summed E-state index contributed by atoms with van der Waals surface area (Å²) in [6.07, 6.45) is 5.97. The molecular weight excluding hydrogens is 438 g/mol. The van der Waals surface area contributed by atoms with Crippen molar-refractivity contribution in [2.75, 3.05) is 39.9 Å². The molecule has 9 heteroatoms. The topological polar surface area (TPSA) is 95.5 Å². The lowest BCUT2D eigenvalue weighted by atomic mass is 10.2. The van der Waals surface area contributed by atoms with Crippen LogP contribution in [0, 0.1) is 0 Å². The van der Waals surface area contributed by atoms with Crippen molar-refractivity contribution in [1.29, 1.82) is 0 Å². The van der Waals surface area contributed by atoms with Crippen molar-refractivity contribution in [2.45, 2.75) is 19.3 Å². The van der Waals surface area contributed by atoms with Crippen molar-refractivity contribution in [1.82, 2.24) is 9.97 Å². The van der Waals surface area contributed by atoms with E-state index in [1.807, 2.05) is 24.3 Å². The molecule has 2 fully saturated rings. The Kier molecular flexibility index (Phi) is 5.72. The maximum atomic E-state index is 12.7. The monoisotopic (exact) mass is 463 g/mol.